The molecule has 2 rings (SSSR count). The quantitative estimate of drug-likeness (QED) is 0.418. The third-order valence-electron chi connectivity index (χ3n) is 4.96. The van der Waals surface area contributed by atoms with Gasteiger partial charge in [-0.1, -0.05) is 12.2 Å². The van der Waals surface area contributed by atoms with Gasteiger partial charge >= 0.3 is 12.4 Å². The molecule has 27 heavy (non-hydrogen) atoms. The van der Waals surface area contributed by atoms with E-state index in [-0.39, 0.29) is 5.92 Å². The summed E-state index contributed by atoms with van der Waals surface area (Å²) in [4.78, 5) is 11.7. The molecule has 0 bridgehead atoms. The van der Waals surface area contributed by atoms with Crippen LogP contribution in [0.5, 0.6) is 0 Å². The molecule has 4 nitrogen and oxygen atoms in total. The number of allylic oxidation sites excluding steroid dienone is 2. The van der Waals surface area contributed by atoms with Crippen LogP contribution in [0.2, 0.25) is 0 Å². The fourth-order valence-electron chi connectivity index (χ4n) is 3.71. The molecule has 1 aliphatic heterocycles. The van der Waals surface area contributed by atoms with Gasteiger partial charge in [-0.3, -0.25) is 9.69 Å². The Bertz CT molecular complexity index is 527. The van der Waals surface area contributed by atoms with Crippen molar-refractivity contribution in [1.82, 2.24) is 10.2 Å². The highest BCUT2D eigenvalue weighted by Crippen LogP contribution is 2.46. The summed E-state index contributed by atoms with van der Waals surface area (Å²) < 4.78 is 88.6. The third kappa shape index (κ3) is 4.96. The van der Waals surface area contributed by atoms with Gasteiger partial charge in [0.2, 0.25) is 5.91 Å². The van der Waals surface area contributed by atoms with Crippen molar-refractivity contribution in [2.45, 2.75) is 63.1 Å². The van der Waals surface area contributed by atoms with Crippen molar-refractivity contribution in [1.29, 1.82) is 0 Å². The SMILES string of the molecule is CC(=O)NC(N(C[C@@H]1CC=CCC1)C[C@H]1CCCO1)(C(F)(F)F)C(F)(F)F. The van der Waals surface area contributed by atoms with Crippen LogP contribution in [0.15, 0.2) is 12.2 Å². The van der Waals surface area contributed by atoms with Gasteiger partial charge < -0.3 is 10.1 Å². The van der Waals surface area contributed by atoms with Gasteiger partial charge in [-0.2, -0.15) is 26.3 Å². The van der Waals surface area contributed by atoms with Crippen LogP contribution in [0, 0.1) is 5.92 Å². The highest BCUT2D eigenvalue weighted by Gasteiger charge is 2.75. The molecule has 0 radical (unpaired) electrons. The number of halogens is 6. The van der Waals surface area contributed by atoms with E-state index in [0.717, 1.165) is 0 Å². The Morgan fingerprint density at radius 1 is 1.11 bits per heavy atom. The Balaban J connectivity index is 2.45. The van der Waals surface area contributed by atoms with Crippen molar-refractivity contribution in [3.63, 3.8) is 0 Å². The van der Waals surface area contributed by atoms with Gasteiger partial charge in [0, 0.05) is 26.6 Å². The van der Waals surface area contributed by atoms with Crippen molar-refractivity contribution in [3.8, 4) is 0 Å². The number of carbonyl (C=O) groups is 1. The number of amides is 1. The number of nitrogens with zero attached hydrogens (tertiary/aromatic N) is 1. The predicted octanol–water partition coefficient (Wildman–Crippen LogP) is 3.78. The van der Waals surface area contributed by atoms with E-state index >= 15 is 0 Å². The fourth-order valence-corrected chi connectivity index (χ4v) is 3.71. The number of hydrogen-bond donors (Lipinski definition) is 1. The van der Waals surface area contributed by atoms with Gasteiger partial charge in [0.1, 0.15) is 0 Å². The van der Waals surface area contributed by atoms with E-state index in [0.29, 0.717) is 50.5 Å². The number of alkyl halides is 6. The maximum Gasteiger partial charge on any atom is 0.434 e. The molecule has 1 heterocycles. The molecule has 1 aliphatic carbocycles. The Morgan fingerprint density at radius 3 is 2.22 bits per heavy atom. The van der Waals surface area contributed by atoms with Crippen LogP contribution in [0.1, 0.15) is 39.0 Å². The first-order valence-electron chi connectivity index (χ1n) is 8.91. The minimum absolute atomic E-state index is 0.301. The molecule has 1 fully saturated rings. The van der Waals surface area contributed by atoms with Gasteiger partial charge in [-0.25, -0.2) is 0 Å². The molecular formula is C17H24F6N2O2. The van der Waals surface area contributed by atoms with Gasteiger partial charge in [0.25, 0.3) is 5.66 Å². The average molecular weight is 402 g/mol. The lowest BCUT2D eigenvalue weighted by molar-refractivity contribution is -0.352. The standard InChI is InChI=1S/C17H24F6N2O2/c1-12(26)24-15(16(18,19)20,17(21,22)23)25(11-14-8-5-9-27-14)10-13-6-3-2-4-7-13/h2-3,13-14H,4-11H2,1H3,(H,24,26)/t13-,14-/m1/s1. The summed E-state index contributed by atoms with van der Waals surface area (Å²) in [5, 5.41) is 1.20. The molecule has 1 amide bonds. The molecule has 0 saturated carbocycles. The molecular weight excluding hydrogens is 378 g/mol. The first kappa shape index (κ1) is 22.0. The van der Waals surface area contributed by atoms with E-state index in [1.165, 1.54) is 5.32 Å². The lowest BCUT2D eigenvalue weighted by Crippen LogP contribution is -2.77. The zero-order chi connectivity index (χ0) is 20.3. The maximum atomic E-state index is 13.9. The molecule has 10 heteroatoms. The topological polar surface area (TPSA) is 41.6 Å². The van der Waals surface area contributed by atoms with Crippen LogP contribution in [-0.2, 0) is 9.53 Å². The largest absolute Gasteiger partial charge is 0.434 e. The predicted molar refractivity (Wildman–Crippen MR) is 85.7 cm³/mol. The van der Waals surface area contributed by atoms with Gasteiger partial charge in [0.05, 0.1) is 6.10 Å². The molecule has 0 aromatic carbocycles. The van der Waals surface area contributed by atoms with E-state index in [4.69, 9.17) is 4.74 Å². The average Bonchev–Trinajstić information content (AvgIpc) is 3.03. The Labute approximate surface area is 153 Å². The summed E-state index contributed by atoms with van der Waals surface area (Å²) in [6, 6.07) is 0. The van der Waals surface area contributed by atoms with Crippen LogP contribution in [0.3, 0.4) is 0 Å². The Hall–Kier alpha value is -1.29. The monoisotopic (exact) mass is 402 g/mol. The van der Waals surface area contributed by atoms with Crippen molar-refractivity contribution >= 4 is 5.91 Å². The Morgan fingerprint density at radius 2 is 1.78 bits per heavy atom. The van der Waals surface area contributed by atoms with E-state index in [2.05, 4.69) is 0 Å². The molecule has 156 valence electrons. The molecule has 0 aromatic heterocycles. The molecule has 1 N–H and O–H groups in total. The summed E-state index contributed by atoms with van der Waals surface area (Å²) >= 11 is 0. The molecule has 0 unspecified atom stereocenters. The van der Waals surface area contributed by atoms with Crippen LogP contribution in [0.25, 0.3) is 0 Å². The summed E-state index contributed by atoms with van der Waals surface area (Å²) in [5.74, 6) is -1.76. The van der Waals surface area contributed by atoms with Crippen LogP contribution >= 0.6 is 0 Å². The second-order valence-electron chi connectivity index (χ2n) is 7.08. The highest BCUT2D eigenvalue weighted by molar-refractivity contribution is 5.74. The van der Waals surface area contributed by atoms with E-state index < -0.39 is 43.1 Å². The lowest BCUT2D eigenvalue weighted by atomic mass is 9.92. The second kappa shape index (κ2) is 8.38. The van der Waals surface area contributed by atoms with E-state index in [9.17, 15) is 31.1 Å². The highest BCUT2D eigenvalue weighted by atomic mass is 19.4. The first-order chi connectivity index (χ1) is 12.5. The van der Waals surface area contributed by atoms with Crippen molar-refractivity contribution < 1.29 is 35.9 Å². The third-order valence-corrected chi connectivity index (χ3v) is 4.96. The van der Waals surface area contributed by atoms with Gasteiger partial charge in [-0.05, 0) is 38.0 Å². The maximum absolute atomic E-state index is 13.9. The minimum Gasteiger partial charge on any atom is -0.377 e. The van der Waals surface area contributed by atoms with Gasteiger partial charge in [0.15, 0.2) is 0 Å². The number of rotatable bonds is 6. The molecule has 1 saturated heterocycles. The summed E-state index contributed by atoms with van der Waals surface area (Å²) in [6.45, 7) is -0.0430. The summed E-state index contributed by atoms with van der Waals surface area (Å²) in [6.07, 6.45) is -6.16. The van der Waals surface area contributed by atoms with Crippen LogP contribution < -0.4 is 5.32 Å². The fraction of sp³-hybridized carbons (Fsp3) is 0.824. The van der Waals surface area contributed by atoms with Gasteiger partial charge in [-0.15, -0.1) is 0 Å². The first-order valence-corrected chi connectivity index (χ1v) is 8.91. The zero-order valence-electron chi connectivity index (χ0n) is 15.0. The lowest BCUT2D eigenvalue weighted by Gasteiger charge is -2.47. The minimum atomic E-state index is -5.75. The summed E-state index contributed by atoms with van der Waals surface area (Å²) in [7, 11) is 0. The van der Waals surface area contributed by atoms with Crippen LogP contribution in [0.4, 0.5) is 26.3 Å². The van der Waals surface area contributed by atoms with Crippen LogP contribution in [-0.4, -0.2) is 54.6 Å². The molecule has 2 aliphatic rings. The van der Waals surface area contributed by atoms with Crippen molar-refractivity contribution in [3.05, 3.63) is 12.2 Å². The van der Waals surface area contributed by atoms with E-state index in [1.807, 2.05) is 6.08 Å². The van der Waals surface area contributed by atoms with Crippen molar-refractivity contribution in [2.24, 2.45) is 5.92 Å². The van der Waals surface area contributed by atoms with E-state index in [1.54, 1.807) is 6.08 Å². The number of nitrogens with one attached hydrogen (secondary N) is 1. The summed E-state index contributed by atoms with van der Waals surface area (Å²) in [5.41, 5.74) is -4.45. The second-order valence-corrected chi connectivity index (χ2v) is 7.08. The smallest absolute Gasteiger partial charge is 0.377 e. The normalized spacial score (nSPS) is 24.4. The molecule has 0 spiro atoms. The molecule has 2 atom stereocenters. The Kier molecular flexibility index (Phi) is 6.83. The number of carbonyl (C=O) groups excluding carboxylic acids is 1. The molecule has 0 aromatic rings. The zero-order valence-corrected chi connectivity index (χ0v) is 15.0. The van der Waals surface area contributed by atoms with Crippen molar-refractivity contribution in [2.75, 3.05) is 19.7 Å². The number of hydrogen-bond acceptors (Lipinski definition) is 3. The number of ether oxygens (including phenoxy) is 1.